The van der Waals surface area contributed by atoms with Gasteiger partial charge in [0.2, 0.25) is 5.91 Å². The minimum atomic E-state index is -0.210. The molecule has 0 aromatic heterocycles. The maximum absolute atomic E-state index is 12.6. The first-order valence-corrected chi connectivity index (χ1v) is 9.10. The van der Waals surface area contributed by atoms with Crippen molar-refractivity contribution >= 4 is 11.7 Å². The SMILES string of the molecule is CC(=O)[C@H]1CCC(=O)N(Cc2ccccc2)[C@@H]1COCc1ccccc1. The maximum atomic E-state index is 12.6. The summed E-state index contributed by atoms with van der Waals surface area (Å²) in [6.07, 6.45) is 1.03. The van der Waals surface area contributed by atoms with Crippen LogP contribution in [-0.4, -0.2) is 29.2 Å². The molecule has 0 spiro atoms. The molecule has 1 aliphatic rings. The van der Waals surface area contributed by atoms with E-state index in [9.17, 15) is 9.59 Å². The Morgan fingerprint density at radius 2 is 1.65 bits per heavy atom. The van der Waals surface area contributed by atoms with Gasteiger partial charge in [-0.15, -0.1) is 0 Å². The zero-order valence-electron chi connectivity index (χ0n) is 15.1. The number of benzene rings is 2. The molecule has 0 radical (unpaired) electrons. The Bertz CT molecular complexity index is 730. The number of carbonyl (C=O) groups excluding carboxylic acids is 2. The van der Waals surface area contributed by atoms with Crippen molar-refractivity contribution in [2.75, 3.05) is 6.61 Å². The third kappa shape index (κ3) is 4.58. The van der Waals surface area contributed by atoms with E-state index >= 15 is 0 Å². The highest BCUT2D eigenvalue weighted by Gasteiger charge is 2.38. The van der Waals surface area contributed by atoms with Gasteiger partial charge in [0.05, 0.1) is 19.3 Å². The molecular weight excluding hydrogens is 326 g/mol. The molecule has 3 rings (SSSR count). The van der Waals surface area contributed by atoms with Gasteiger partial charge in [0.15, 0.2) is 0 Å². The number of carbonyl (C=O) groups is 2. The number of Topliss-reactive ketones (excluding diaryl/α,β-unsaturated/α-hetero) is 1. The molecule has 1 saturated heterocycles. The van der Waals surface area contributed by atoms with Crippen LogP contribution in [0.2, 0.25) is 0 Å². The molecule has 136 valence electrons. The van der Waals surface area contributed by atoms with E-state index in [1.807, 2.05) is 65.6 Å². The predicted octanol–water partition coefficient (Wildman–Crippen LogP) is 3.60. The number of nitrogens with zero attached hydrogens (tertiary/aromatic N) is 1. The Kier molecular flexibility index (Phi) is 6.18. The zero-order chi connectivity index (χ0) is 18.4. The second kappa shape index (κ2) is 8.77. The van der Waals surface area contributed by atoms with Crippen molar-refractivity contribution in [3.05, 3.63) is 71.8 Å². The fourth-order valence-electron chi connectivity index (χ4n) is 3.55. The van der Waals surface area contributed by atoms with Gasteiger partial charge in [0.25, 0.3) is 0 Å². The molecule has 26 heavy (non-hydrogen) atoms. The summed E-state index contributed by atoms with van der Waals surface area (Å²) in [6, 6.07) is 19.6. The number of likely N-dealkylation sites (tertiary alicyclic amines) is 1. The van der Waals surface area contributed by atoms with Crippen LogP contribution in [-0.2, 0) is 27.5 Å². The molecule has 1 heterocycles. The van der Waals surface area contributed by atoms with Gasteiger partial charge in [-0.1, -0.05) is 60.7 Å². The molecule has 1 aliphatic heterocycles. The average Bonchev–Trinajstić information content (AvgIpc) is 2.66. The minimum absolute atomic E-state index is 0.0969. The first kappa shape index (κ1) is 18.3. The van der Waals surface area contributed by atoms with Gasteiger partial charge in [-0.05, 0) is 24.5 Å². The van der Waals surface area contributed by atoms with Crippen molar-refractivity contribution in [3.63, 3.8) is 0 Å². The van der Waals surface area contributed by atoms with Gasteiger partial charge in [0, 0.05) is 18.9 Å². The average molecular weight is 351 g/mol. The van der Waals surface area contributed by atoms with E-state index in [-0.39, 0.29) is 23.7 Å². The van der Waals surface area contributed by atoms with Crippen LogP contribution >= 0.6 is 0 Å². The number of hydrogen-bond acceptors (Lipinski definition) is 3. The van der Waals surface area contributed by atoms with Crippen LogP contribution in [0.25, 0.3) is 0 Å². The Morgan fingerprint density at radius 1 is 1.04 bits per heavy atom. The number of piperidine rings is 1. The number of ketones is 1. The van der Waals surface area contributed by atoms with E-state index in [0.29, 0.717) is 32.6 Å². The van der Waals surface area contributed by atoms with E-state index in [1.54, 1.807) is 6.92 Å². The quantitative estimate of drug-likeness (QED) is 0.766. The van der Waals surface area contributed by atoms with Gasteiger partial charge in [-0.2, -0.15) is 0 Å². The lowest BCUT2D eigenvalue weighted by Crippen LogP contribution is -2.52. The van der Waals surface area contributed by atoms with Crippen molar-refractivity contribution < 1.29 is 14.3 Å². The molecule has 2 aromatic carbocycles. The molecule has 2 atom stereocenters. The van der Waals surface area contributed by atoms with Crippen LogP contribution in [0.3, 0.4) is 0 Å². The summed E-state index contributed by atoms with van der Waals surface area (Å²) in [5, 5.41) is 0. The topological polar surface area (TPSA) is 46.6 Å². The van der Waals surface area contributed by atoms with E-state index in [0.717, 1.165) is 11.1 Å². The summed E-state index contributed by atoms with van der Waals surface area (Å²) >= 11 is 0. The van der Waals surface area contributed by atoms with Crippen LogP contribution in [0.4, 0.5) is 0 Å². The largest absolute Gasteiger partial charge is 0.375 e. The molecule has 2 aromatic rings. The fourth-order valence-corrected chi connectivity index (χ4v) is 3.55. The summed E-state index contributed by atoms with van der Waals surface area (Å²) in [5.74, 6) is 0.0655. The van der Waals surface area contributed by atoms with Crippen molar-refractivity contribution in [2.45, 2.75) is 39.0 Å². The lowest BCUT2D eigenvalue weighted by Gasteiger charge is -2.40. The lowest BCUT2D eigenvalue weighted by molar-refractivity contribution is -0.145. The standard InChI is InChI=1S/C22H25NO3/c1-17(24)20-12-13-22(25)23(14-18-8-4-2-5-9-18)21(20)16-26-15-19-10-6-3-7-11-19/h2-11,20-21H,12-16H2,1H3/t20-,21-/m1/s1. The highest BCUT2D eigenvalue weighted by molar-refractivity contribution is 5.84. The molecule has 0 unspecified atom stereocenters. The van der Waals surface area contributed by atoms with Gasteiger partial charge >= 0.3 is 0 Å². The molecule has 1 fully saturated rings. The summed E-state index contributed by atoms with van der Waals surface area (Å²) in [4.78, 5) is 26.6. The van der Waals surface area contributed by atoms with Crippen LogP contribution in [0, 0.1) is 5.92 Å². The van der Waals surface area contributed by atoms with Crippen LogP contribution in [0.1, 0.15) is 30.9 Å². The van der Waals surface area contributed by atoms with Crippen LogP contribution < -0.4 is 0 Å². The number of amides is 1. The predicted molar refractivity (Wildman–Crippen MR) is 100 cm³/mol. The molecule has 4 heteroatoms. The van der Waals surface area contributed by atoms with Crippen molar-refractivity contribution in [1.82, 2.24) is 4.90 Å². The minimum Gasteiger partial charge on any atom is -0.375 e. The first-order valence-electron chi connectivity index (χ1n) is 9.10. The Labute approximate surface area is 154 Å². The molecule has 0 aliphatic carbocycles. The summed E-state index contributed by atoms with van der Waals surface area (Å²) in [6.45, 7) is 2.99. The third-order valence-electron chi connectivity index (χ3n) is 4.97. The fraction of sp³-hybridized carbons (Fsp3) is 0.364. The van der Waals surface area contributed by atoms with E-state index in [1.165, 1.54) is 0 Å². The summed E-state index contributed by atoms with van der Waals surface area (Å²) in [5.41, 5.74) is 2.15. The molecule has 0 bridgehead atoms. The van der Waals surface area contributed by atoms with E-state index in [4.69, 9.17) is 4.74 Å². The highest BCUT2D eigenvalue weighted by atomic mass is 16.5. The smallest absolute Gasteiger partial charge is 0.223 e. The lowest BCUT2D eigenvalue weighted by atomic mass is 9.86. The first-order chi connectivity index (χ1) is 12.6. The number of ether oxygens (including phenoxy) is 1. The van der Waals surface area contributed by atoms with Crippen molar-refractivity contribution in [2.24, 2.45) is 5.92 Å². The number of rotatable bonds is 7. The summed E-state index contributed by atoms with van der Waals surface area (Å²) in [7, 11) is 0. The molecular formula is C22H25NO3. The maximum Gasteiger partial charge on any atom is 0.223 e. The normalized spacial score (nSPS) is 20.2. The summed E-state index contributed by atoms with van der Waals surface area (Å²) < 4.78 is 5.91. The Balaban J connectivity index is 1.72. The molecule has 4 nitrogen and oxygen atoms in total. The van der Waals surface area contributed by atoms with Crippen molar-refractivity contribution in [3.8, 4) is 0 Å². The monoisotopic (exact) mass is 351 g/mol. The van der Waals surface area contributed by atoms with Gasteiger partial charge < -0.3 is 9.64 Å². The highest BCUT2D eigenvalue weighted by Crippen LogP contribution is 2.27. The molecule has 1 amide bonds. The Hall–Kier alpha value is -2.46. The van der Waals surface area contributed by atoms with Gasteiger partial charge in [-0.25, -0.2) is 0 Å². The van der Waals surface area contributed by atoms with Gasteiger partial charge in [0.1, 0.15) is 5.78 Å². The second-order valence-electron chi connectivity index (χ2n) is 6.83. The molecule has 0 saturated carbocycles. The van der Waals surface area contributed by atoms with Crippen LogP contribution in [0.5, 0.6) is 0 Å². The third-order valence-corrected chi connectivity index (χ3v) is 4.97. The zero-order valence-corrected chi connectivity index (χ0v) is 15.1. The number of hydrogen-bond donors (Lipinski definition) is 0. The second-order valence-corrected chi connectivity index (χ2v) is 6.83. The Morgan fingerprint density at radius 3 is 2.27 bits per heavy atom. The van der Waals surface area contributed by atoms with E-state index in [2.05, 4.69) is 0 Å². The van der Waals surface area contributed by atoms with E-state index < -0.39 is 0 Å². The van der Waals surface area contributed by atoms with Crippen LogP contribution in [0.15, 0.2) is 60.7 Å². The molecule has 0 N–H and O–H groups in total. The van der Waals surface area contributed by atoms with Gasteiger partial charge in [-0.3, -0.25) is 9.59 Å². The van der Waals surface area contributed by atoms with Crippen molar-refractivity contribution in [1.29, 1.82) is 0 Å².